The first kappa shape index (κ1) is 13.2. The van der Waals surface area contributed by atoms with Crippen molar-refractivity contribution in [3.63, 3.8) is 0 Å². The highest BCUT2D eigenvalue weighted by Gasteiger charge is 2.06. The number of hydrogen-bond donors (Lipinski definition) is 0. The maximum absolute atomic E-state index is 13.3. The van der Waals surface area contributed by atoms with E-state index >= 15 is 0 Å². The third kappa shape index (κ3) is 3.15. The summed E-state index contributed by atoms with van der Waals surface area (Å²) < 4.78 is 18.9. The summed E-state index contributed by atoms with van der Waals surface area (Å²) in [6.07, 6.45) is 0. The summed E-state index contributed by atoms with van der Waals surface area (Å²) in [4.78, 5) is 0. The van der Waals surface area contributed by atoms with E-state index in [1.54, 1.807) is 18.2 Å². The molecule has 0 aliphatic carbocycles. The second-order valence-electron chi connectivity index (χ2n) is 3.96. The van der Waals surface area contributed by atoms with Crippen molar-refractivity contribution in [3.8, 4) is 11.5 Å². The highest BCUT2D eigenvalue weighted by Crippen LogP contribution is 2.31. The van der Waals surface area contributed by atoms with E-state index in [9.17, 15) is 4.39 Å². The molecule has 0 N–H and O–H groups in total. The molecule has 0 atom stereocenters. The Morgan fingerprint density at radius 1 is 1.17 bits per heavy atom. The van der Waals surface area contributed by atoms with Crippen LogP contribution in [0.5, 0.6) is 11.5 Å². The van der Waals surface area contributed by atoms with Crippen LogP contribution in [0.2, 0.25) is 5.02 Å². The number of halogens is 3. The lowest BCUT2D eigenvalue weighted by atomic mass is 10.2. The zero-order chi connectivity index (χ0) is 13.1. The van der Waals surface area contributed by atoms with E-state index in [0.717, 1.165) is 5.56 Å². The van der Waals surface area contributed by atoms with Crippen molar-refractivity contribution in [2.75, 3.05) is 0 Å². The van der Waals surface area contributed by atoms with Gasteiger partial charge in [0, 0.05) is 11.9 Å². The molecule has 2 aromatic carbocycles. The summed E-state index contributed by atoms with van der Waals surface area (Å²) in [5.41, 5.74) is 1.68. The third-order valence-electron chi connectivity index (χ3n) is 2.40. The SMILES string of the molecule is Cc1ccc(Cl)c(Oc2cc(F)cc(CCl)c2)c1. The molecular formula is C14H11Cl2FO. The normalized spacial score (nSPS) is 10.4. The number of aryl methyl sites for hydroxylation is 1. The van der Waals surface area contributed by atoms with Gasteiger partial charge >= 0.3 is 0 Å². The van der Waals surface area contributed by atoms with Gasteiger partial charge in [-0.15, -0.1) is 11.6 Å². The number of rotatable bonds is 3. The number of alkyl halides is 1. The van der Waals surface area contributed by atoms with Gasteiger partial charge in [-0.3, -0.25) is 0 Å². The van der Waals surface area contributed by atoms with Crippen LogP contribution in [0.3, 0.4) is 0 Å². The standard InChI is InChI=1S/C14H11Cl2FO/c1-9-2-3-13(16)14(4-9)18-12-6-10(8-15)5-11(17)7-12/h2-7H,8H2,1H3. The van der Waals surface area contributed by atoms with Gasteiger partial charge < -0.3 is 4.74 Å². The van der Waals surface area contributed by atoms with Gasteiger partial charge in [-0.05, 0) is 42.3 Å². The monoisotopic (exact) mass is 284 g/mol. The van der Waals surface area contributed by atoms with Gasteiger partial charge in [0.15, 0.2) is 0 Å². The molecule has 0 unspecified atom stereocenters. The average Bonchev–Trinajstić information content (AvgIpc) is 2.33. The molecule has 2 rings (SSSR count). The van der Waals surface area contributed by atoms with Crippen LogP contribution in [0, 0.1) is 12.7 Å². The second kappa shape index (κ2) is 5.59. The van der Waals surface area contributed by atoms with Crippen LogP contribution < -0.4 is 4.74 Å². The molecule has 0 saturated heterocycles. The molecule has 0 heterocycles. The van der Waals surface area contributed by atoms with Crippen LogP contribution in [-0.2, 0) is 5.88 Å². The van der Waals surface area contributed by atoms with Gasteiger partial charge in [-0.2, -0.15) is 0 Å². The molecule has 1 nitrogen and oxygen atoms in total. The van der Waals surface area contributed by atoms with Crippen LogP contribution in [0.25, 0.3) is 0 Å². The van der Waals surface area contributed by atoms with E-state index in [-0.39, 0.29) is 11.7 Å². The van der Waals surface area contributed by atoms with E-state index in [0.29, 0.717) is 22.1 Å². The Labute approximate surface area is 115 Å². The van der Waals surface area contributed by atoms with Crippen LogP contribution >= 0.6 is 23.2 Å². The predicted molar refractivity (Wildman–Crippen MR) is 72.2 cm³/mol. The second-order valence-corrected chi connectivity index (χ2v) is 4.64. The fourth-order valence-corrected chi connectivity index (χ4v) is 1.88. The lowest BCUT2D eigenvalue weighted by molar-refractivity contribution is 0.476. The summed E-state index contributed by atoms with van der Waals surface area (Å²) in [7, 11) is 0. The van der Waals surface area contributed by atoms with Crippen molar-refractivity contribution in [3.05, 3.63) is 58.4 Å². The van der Waals surface area contributed by atoms with Gasteiger partial charge in [0.05, 0.1) is 5.02 Å². The molecule has 0 bridgehead atoms. The fourth-order valence-electron chi connectivity index (χ4n) is 1.57. The minimum Gasteiger partial charge on any atom is -0.456 e. The van der Waals surface area contributed by atoms with Crippen molar-refractivity contribution < 1.29 is 9.13 Å². The summed E-state index contributed by atoms with van der Waals surface area (Å²) in [5.74, 6) is 0.739. The highest BCUT2D eigenvalue weighted by molar-refractivity contribution is 6.32. The fraction of sp³-hybridized carbons (Fsp3) is 0.143. The Kier molecular flexibility index (Phi) is 4.10. The molecule has 0 aliphatic heterocycles. The minimum atomic E-state index is -0.382. The summed E-state index contributed by atoms with van der Waals surface area (Å²) in [5, 5.41) is 0.484. The van der Waals surface area contributed by atoms with Crippen molar-refractivity contribution in [2.24, 2.45) is 0 Å². The van der Waals surface area contributed by atoms with Gasteiger partial charge in [0.2, 0.25) is 0 Å². The molecule has 0 aliphatic rings. The number of hydrogen-bond acceptors (Lipinski definition) is 1. The first-order chi connectivity index (χ1) is 8.58. The molecule has 2 aromatic rings. The van der Waals surface area contributed by atoms with E-state index in [2.05, 4.69) is 0 Å². The van der Waals surface area contributed by atoms with Crippen molar-refractivity contribution in [2.45, 2.75) is 12.8 Å². The molecule has 0 fully saturated rings. The topological polar surface area (TPSA) is 9.23 Å². The smallest absolute Gasteiger partial charge is 0.146 e. The van der Waals surface area contributed by atoms with E-state index in [4.69, 9.17) is 27.9 Å². The zero-order valence-electron chi connectivity index (χ0n) is 9.71. The number of ether oxygens (including phenoxy) is 1. The van der Waals surface area contributed by atoms with Crippen LogP contribution in [0.1, 0.15) is 11.1 Å². The lowest BCUT2D eigenvalue weighted by Gasteiger charge is -2.09. The Morgan fingerprint density at radius 3 is 2.67 bits per heavy atom. The van der Waals surface area contributed by atoms with Crippen LogP contribution in [0.4, 0.5) is 4.39 Å². The van der Waals surface area contributed by atoms with Gasteiger partial charge in [-0.25, -0.2) is 4.39 Å². The Morgan fingerprint density at radius 2 is 1.94 bits per heavy atom. The molecule has 0 radical (unpaired) electrons. The lowest BCUT2D eigenvalue weighted by Crippen LogP contribution is -1.89. The van der Waals surface area contributed by atoms with Crippen molar-refractivity contribution in [1.82, 2.24) is 0 Å². The largest absolute Gasteiger partial charge is 0.456 e. The molecule has 94 valence electrons. The molecule has 18 heavy (non-hydrogen) atoms. The van der Waals surface area contributed by atoms with E-state index in [1.165, 1.54) is 12.1 Å². The molecule has 0 aromatic heterocycles. The van der Waals surface area contributed by atoms with Crippen molar-refractivity contribution >= 4 is 23.2 Å². The van der Waals surface area contributed by atoms with Crippen LogP contribution in [-0.4, -0.2) is 0 Å². The Hall–Kier alpha value is -1.25. The quantitative estimate of drug-likeness (QED) is 0.693. The minimum absolute atomic E-state index is 0.232. The first-order valence-electron chi connectivity index (χ1n) is 5.38. The maximum atomic E-state index is 13.3. The summed E-state index contributed by atoms with van der Waals surface area (Å²) in [6, 6.07) is 9.79. The highest BCUT2D eigenvalue weighted by atomic mass is 35.5. The molecule has 4 heteroatoms. The van der Waals surface area contributed by atoms with Gasteiger partial charge in [0.25, 0.3) is 0 Å². The summed E-state index contributed by atoms with van der Waals surface area (Å²) in [6.45, 7) is 1.93. The molecule has 0 spiro atoms. The maximum Gasteiger partial charge on any atom is 0.146 e. The molecular weight excluding hydrogens is 274 g/mol. The zero-order valence-corrected chi connectivity index (χ0v) is 11.2. The van der Waals surface area contributed by atoms with E-state index in [1.807, 2.05) is 13.0 Å². The Balaban J connectivity index is 2.33. The predicted octanol–water partition coefficient (Wildman–Crippen LogP) is 5.32. The Bertz CT molecular complexity index is 570. The van der Waals surface area contributed by atoms with Crippen LogP contribution in [0.15, 0.2) is 36.4 Å². The first-order valence-corrected chi connectivity index (χ1v) is 6.29. The molecule has 0 amide bonds. The van der Waals surface area contributed by atoms with Gasteiger partial charge in [-0.1, -0.05) is 17.7 Å². The van der Waals surface area contributed by atoms with Gasteiger partial charge in [0.1, 0.15) is 17.3 Å². The third-order valence-corrected chi connectivity index (χ3v) is 3.02. The average molecular weight is 285 g/mol. The number of benzene rings is 2. The van der Waals surface area contributed by atoms with E-state index < -0.39 is 0 Å². The summed E-state index contributed by atoms with van der Waals surface area (Å²) >= 11 is 11.7. The molecule has 0 saturated carbocycles. The van der Waals surface area contributed by atoms with Crippen molar-refractivity contribution in [1.29, 1.82) is 0 Å².